The van der Waals surface area contributed by atoms with E-state index in [-0.39, 0.29) is 11.9 Å². The van der Waals surface area contributed by atoms with Gasteiger partial charge in [0.2, 0.25) is 0 Å². The molecular formula is C11H11Cl2N3O. The van der Waals surface area contributed by atoms with Crippen LogP contribution in [-0.4, -0.2) is 23.3 Å². The number of nitrogens with zero attached hydrogens (tertiary/aromatic N) is 1. The van der Waals surface area contributed by atoms with Gasteiger partial charge in [0.1, 0.15) is 11.9 Å². The number of nitrogens with one attached hydrogen (secondary N) is 2. The van der Waals surface area contributed by atoms with E-state index < -0.39 is 6.04 Å². The van der Waals surface area contributed by atoms with Crippen molar-refractivity contribution in [3.63, 3.8) is 0 Å². The molecule has 90 valence electrons. The zero-order valence-electron chi connectivity index (χ0n) is 9.13. The van der Waals surface area contributed by atoms with E-state index in [0.717, 1.165) is 5.56 Å². The number of hydrogen-bond donors (Lipinski definition) is 2. The molecule has 0 bridgehead atoms. The largest absolute Gasteiger partial charge is 0.323 e. The van der Waals surface area contributed by atoms with Crippen LogP contribution in [0, 0.1) is 5.41 Å². The molecule has 0 aromatic heterocycles. The zero-order chi connectivity index (χ0) is 12.6. The van der Waals surface area contributed by atoms with E-state index in [0.29, 0.717) is 16.6 Å². The molecule has 6 heteroatoms. The van der Waals surface area contributed by atoms with Crippen molar-refractivity contribution < 1.29 is 4.79 Å². The smallest absolute Gasteiger partial charge is 0.310 e. The van der Waals surface area contributed by atoms with Gasteiger partial charge in [-0.1, -0.05) is 29.3 Å². The van der Waals surface area contributed by atoms with Crippen molar-refractivity contribution in [1.82, 2.24) is 10.2 Å². The van der Waals surface area contributed by atoms with Crippen molar-refractivity contribution in [2.24, 2.45) is 0 Å². The van der Waals surface area contributed by atoms with Gasteiger partial charge in [0.15, 0.2) is 0 Å². The molecule has 1 fully saturated rings. The number of urea groups is 1. The van der Waals surface area contributed by atoms with Crippen molar-refractivity contribution in [3.05, 3.63) is 33.8 Å². The molecule has 2 rings (SSSR count). The SMILES string of the molecule is CCN1C(=O)NC(=N)C1c1ccc(Cl)c(Cl)c1. The third kappa shape index (κ3) is 2.10. The van der Waals surface area contributed by atoms with Gasteiger partial charge < -0.3 is 4.90 Å². The van der Waals surface area contributed by atoms with Gasteiger partial charge in [-0.15, -0.1) is 0 Å². The number of benzene rings is 1. The average Bonchev–Trinajstić information content (AvgIpc) is 2.57. The third-order valence-electron chi connectivity index (χ3n) is 2.69. The topological polar surface area (TPSA) is 56.2 Å². The maximum Gasteiger partial charge on any atom is 0.323 e. The number of likely N-dealkylation sites (N-methyl/N-ethyl adjacent to an activating group) is 1. The van der Waals surface area contributed by atoms with E-state index in [4.69, 9.17) is 28.6 Å². The number of hydrogen-bond acceptors (Lipinski definition) is 2. The number of carbonyl (C=O) groups is 1. The second-order valence-electron chi connectivity index (χ2n) is 3.71. The lowest BCUT2D eigenvalue weighted by Gasteiger charge is -2.21. The summed E-state index contributed by atoms with van der Waals surface area (Å²) in [4.78, 5) is 13.1. The Morgan fingerprint density at radius 2 is 2.12 bits per heavy atom. The molecule has 4 nitrogen and oxygen atoms in total. The molecule has 0 saturated carbocycles. The number of halogens is 2. The van der Waals surface area contributed by atoms with Crippen LogP contribution in [0.2, 0.25) is 10.0 Å². The van der Waals surface area contributed by atoms with Crippen LogP contribution in [0.5, 0.6) is 0 Å². The van der Waals surface area contributed by atoms with Crippen LogP contribution in [-0.2, 0) is 0 Å². The Morgan fingerprint density at radius 1 is 1.41 bits per heavy atom. The number of rotatable bonds is 2. The molecule has 2 N–H and O–H groups in total. The van der Waals surface area contributed by atoms with Crippen LogP contribution in [0.3, 0.4) is 0 Å². The lowest BCUT2D eigenvalue weighted by atomic mass is 10.1. The monoisotopic (exact) mass is 271 g/mol. The fourth-order valence-electron chi connectivity index (χ4n) is 1.88. The van der Waals surface area contributed by atoms with Crippen LogP contribution >= 0.6 is 23.2 Å². The van der Waals surface area contributed by atoms with Gasteiger partial charge in [0.05, 0.1) is 10.0 Å². The van der Waals surface area contributed by atoms with Crippen LogP contribution in [0.15, 0.2) is 18.2 Å². The summed E-state index contributed by atoms with van der Waals surface area (Å²) in [5.74, 6) is 0.162. The Kier molecular flexibility index (Phi) is 3.26. The average molecular weight is 272 g/mol. The molecule has 1 atom stereocenters. The maximum atomic E-state index is 11.6. The van der Waals surface area contributed by atoms with Crippen LogP contribution in [0.1, 0.15) is 18.5 Å². The third-order valence-corrected chi connectivity index (χ3v) is 3.43. The summed E-state index contributed by atoms with van der Waals surface area (Å²) < 4.78 is 0. The summed E-state index contributed by atoms with van der Waals surface area (Å²) >= 11 is 11.8. The van der Waals surface area contributed by atoms with E-state index in [2.05, 4.69) is 5.32 Å². The Balaban J connectivity index is 2.41. The highest BCUT2D eigenvalue weighted by atomic mass is 35.5. The summed E-state index contributed by atoms with van der Waals surface area (Å²) in [5.41, 5.74) is 0.782. The second-order valence-corrected chi connectivity index (χ2v) is 4.52. The number of amides is 2. The summed E-state index contributed by atoms with van der Waals surface area (Å²) in [6, 6.07) is 4.47. The minimum atomic E-state index is -0.401. The molecule has 1 aromatic carbocycles. The minimum Gasteiger partial charge on any atom is -0.310 e. The lowest BCUT2D eigenvalue weighted by Crippen LogP contribution is -2.29. The normalized spacial score (nSPS) is 19.7. The Morgan fingerprint density at radius 3 is 2.71 bits per heavy atom. The zero-order valence-corrected chi connectivity index (χ0v) is 10.6. The first kappa shape index (κ1) is 12.2. The Labute approximate surface area is 109 Å². The highest BCUT2D eigenvalue weighted by Gasteiger charge is 2.35. The van der Waals surface area contributed by atoms with E-state index in [9.17, 15) is 4.79 Å². The Bertz CT molecular complexity index is 490. The standard InChI is InChI=1S/C11H11Cl2N3O/c1-2-16-9(10(14)15-11(16)17)6-3-4-7(12)8(13)5-6/h3-5,9H,2H2,1H3,(H2,14,15,17). The first-order valence-corrected chi connectivity index (χ1v) is 5.91. The molecule has 2 amide bonds. The summed E-state index contributed by atoms with van der Waals surface area (Å²) in [7, 11) is 0. The predicted molar refractivity (Wildman–Crippen MR) is 67.8 cm³/mol. The molecule has 0 radical (unpaired) electrons. The molecule has 1 heterocycles. The van der Waals surface area contributed by atoms with Crippen molar-refractivity contribution >= 4 is 35.1 Å². The van der Waals surface area contributed by atoms with Crippen molar-refractivity contribution in [2.75, 3.05) is 6.54 Å². The van der Waals surface area contributed by atoms with E-state index in [1.54, 1.807) is 23.1 Å². The fourth-order valence-corrected chi connectivity index (χ4v) is 2.19. The first-order valence-electron chi connectivity index (χ1n) is 5.15. The van der Waals surface area contributed by atoms with E-state index in [1.165, 1.54) is 0 Å². The quantitative estimate of drug-likeness (QED) is 0.854. The molecule has 1 aromatic rings. The van der Waals surface area contributed by atoms with Crippen LogP contribution < -0.4 is 5.32 Å². The van der Waals surface area contributed by atoms with Gasteiger partial charge in [-0.2, -0.15) is 0 Å². The lowest BCUT2D eigenvalue weighted by molar-refractivity contribution is 0.209. The van der Waals surface area contributed by atoms with Gasteiger partial charge in [-0.25, -0.2) is 4.79 Å². The van der Waals surface area contributed by atoms with Gasteiger partial charge in [-0.3, -0.25) is 10.7 Å². The first-order chi connectivity index (χ1) is 8.04. The number of amidine groups is 1. The van der Waals surface area contributed by atoms with E-state index in [1.807, 2.05) is 6.92 Å². The van der Waals surface area contributed by atoms with Crippen LogP contribution in [0.25, 0.3) is 0 Å². The fraction of sp³-hybridized carbons (Fsp3) is 0.273. The van der Waals surface area contributed by atoms with Gasteiger partial charge >= 0.3 is 6.03 Å². The molecule has 1 aliphatic rings. The highest BCUT2D eigenvalue weighted by Crippen LogP contribution is 2.30. The van der Waals surface area contributed by atoms with E-state index >= 15 is 0 Å². The highest BCUT2D eigenvalue weighted by molar-refractivity contribution is 6.42. The second kappa shape index (κ2) is 4.55. The van der Waals surface area contributed by atoms with Crippen molar-refractivity contribution in [2.45, 2.75) is 13.0 Å². The minimum absolute atomic E-state index is 0.162. The molecule has 1 unspecified atom stereocenters. The summed E-state index contributed by atoms with van der Waals surface area (Å²) in [6.45, 7) is 2.39. The van der Waals surface area contributed by atoms with Crippen molar-refractivity contribution in [3.8, 4) is 0 Å². The van der Waals surface area contributed by atoms with Gasteiger partial charge in [0.25, 0.3) is 0 Å². The van der Waals surface area contributed by atoms with Gasteiger partial charge in [-0.05, 0) is 24.6 Å². The van der Waals surface area contributed by atoms with Crippen LogP contribution in [0.4, 0.5) is 4.79 Å². The van der Waals surface area contributed by atoms with Crippen molar-refractivity contribution in [1.29, 1.82) is 5.41 Å². The predicted octanol–water partition coefficient (Wildman–Crippen LogP) is 3.06. The summed E-state index contributed by atoms with van der Waals surface area (Å²) in [5, 5.41) is 11.2. The number of carbonyl (C=O) groups excluding carboxylic acids is 1. The maximum absolute atomic E-state index is 11.6. The Hall–Kier alpha value is -1.26. The van der Waals surface area contributed by atoms with Gasteiger partial charge in [0, 0.05) is 6.54 Å². The molecule has 1 saturated heterocycles. The molecule has 17 heavy (non-hydrogen) atoms. The summed E-state index contributed by atoms with van der Waals surface area (Å²) in [6.07, 6.45) is 0. The molecular weight excluding hydrogens is 261 g/mol. The molecule has 0 spiro atoms. The molecule has 1 aliphatic heterocycles. The molecule has 0 aliphatic carbocycles.